The van der Waals surface area contributed by atoms with Gasteiger partial charge in [0.1, 0.15) is 23.0 Å². The summed E-state index contributed by atoms with van der Waals surface area (Å²) in [5, 5.41) is 10.7. The van der Waals surface area contributed by atoms with Crippen LogP contribution in [0.4, 0.5) is 8.78 Å². The maximum atomic E-state index is 12.3. The molecule has 112 valence electrons. The van der Waals surface area contributed by atoms with Crippen molar-refractivity contribution >= 4 is 28.9 Å². The number of thiophene rings is 1. The number of aromatic carboxylic acids is 1. The molecule has 0 aliphatic carbocycles. The van der Waals surface area contributed by atoms with Gasteiger partial charge in [-0.3, -0.25) is 0 Å². The number of carboxylic acids is 1. The molecule has 0 amide bonds. The van der Waals surface area contributed by atoms with E-state index in [1.165, 1.54) is 29.6 Å². The Bertz CT molecular complexity index is 645. The monoisotopic (exact) mass is 334 g/mol. The highest BCUT2D eigenvalue weighted by atomic mass is 35.5. The molecule has 21 heavy (non-hydrogen) atoms. The van der Waals surface area contributed by atoms with Gasteiger partial charge in [-0.25, -0.2) is 4.79 Å². The lowest BCUT2D eigenvalue weighted by atomic mass is 10.2. The summed E-state index contributed by atoms with van der Waals surface area (Å²) < 4.78 is 34.3. The lowest BCUT2D eigenvalue weighted by Gasteiger charge is -2.11. The fourth-order valence-electron chi connectivity index (χ4n) is 1.54. The van der Waals surface area contributed by atoms with E-state index >= 15 is 0 Å². The van der Waals surface area contributed by atoms with Crippen molar-refractivity contribution in [2.45, 2.75) is 13.2 Å². The zero-order valence-corrected chi connectivity index (χ0v) is 12.0. The molecular weight excluding hydrogens is 326 g/mol. The lowest BCUT2D eigenvalue weighted by Crippen LogP contribution is -2.06. The minimum absolute atomic E-state index is 0.0388. The van der Waals surface area contributed by atoms with Crippen LogP contribution < -0.4 is 9.47 Å². The molecule has 0 radical (unpaired) electrons. The maximum Gasteiger partial charge on any atom is 0.387 e. The maximum absolute atomic E-state index is 12.3. The molecule has 0 fully saturated rings. The summed E-state index contributed by atoms with van der Waals surface area (Å²) in [7, 11) is 0. The largest absolute Gasteiger partial charge is 0.488 e. The topological polar surface area (TPSA) is 55.8 Å². The third-order valence-corrected chi connectivity index (χ3v) is 3.55. The number of ether oxygens (including phenoxy) is 2. The van der Waals surface area contributed by atoms with Gasteiger partial charge in [-0.15, -0.1) is 11.3 Å². The highest BCUT2D eigenvalue weighted by molar-refractivity contribution is 7.12. The molecule has 4 nitrogen and oxygen atoms in total. The molecular formula is C13H9ClF2O4S. The Morgan fingerprint density at radius 2 is 2.14 bits per heavy atom. The summed E-state index contributed by atoms with van der Waals surface area (Å²) in [6, 6.07) is 5.55. The molecule has 2 aromatic rings. The van der Waals surface area contributed by atoms with Crippen LogP contribution in [0.3, 0.4) is 0 Å². The van der Waals surface area contributed by atoms with Crippen molar-refractivity contribution in [2.75, 3.05) is 0 Å². The number of halogens is 3. The zero-order chi connectivity index (χ0) is 15.4. The fraction of sp³-hybridized carbons (Fsp3) is 0.154. The molecule has 1 aromatic carbocycles. The van der Waals surface area contributed by atoms with Crippen LogP contribution in [0.1, 0.15) is 15.2 Å². The van der Waals surface area contributed by atoms with Gasteiger partial charge in [0.25, 0.3) is 0 Å². The van der Waals surface area contributed by atoms with Gasteiger partial charge in [0.2, 0.25) is 0 Å². The molecule has 0 unspecified atom stereocenters. The average Bonchev–Trinajstić information content (AvgIpc) is 2.87. The second-order valence-electron chi connectivity index (χ2n) is 3.87. The first kappa shape index (κ1) is 15.5. The van der Waals surface area contributed by atoms with E-state index in [0.29, 0.717) is 16.3 Å². The van der Waals surface area contributed by atoms with Gasteiger partial charge in [0, 0.05) is 22.0 Å². The van der Waals surface area contributed by atoms with E-state index in [-0.39, 0.29) is 17.2 Å². The highest BCUT2D eigenvalue weighted by Gasteiger charge is 2.12. The van der Waals surface area contributed by atoms with Crippen molar-refractivity contribution in [3.63, 3.8) is 0 Å². The Morgan fingerprint density at radius 3 is 2.76 bits per heavy atom. The summed E-state index contributed by atoms with van der Waals surface area (Å²) in [6.45, 7) is -3.03. The van der Waals surface area contributed by atoms with E-state index in [9.17, 15) is 13.6 Å². The Morgan fingerprint density at radius 1 is 1.38 bits per heavy atom. The van der Waals surface area contributed by atoms with Gasteiger partial charge in [-0.05, 0) is 18.2 Å². The predicted octanol–water partition coefficient (Wildman–Crippen LogP) is 4.28. The third kappa shape index (κ3) is 4.30. The quantitative estimate of drug-likeness (QED) is 0.856. The molecule has 0 aliphatic heterocycles. The summed E-state index contributed by atoms with van der Waals surface area (Å²) >= 11 is 6.82. The van der Waals surface area contributed by atoms with Gasteiger partial charge < -0.3 is 14.6 Å². The van der Waals surface area contributed by atoms with Crippen molar-refractivity contribution in [3.05, 3.63) is 45.1 Å². The molecule has 2 rings (SSSR count). The summed E-state index contributed by atoms with van der Waals surface area (Å²) in [6.07, 6.45) is 0. The van der Waals surface area contributed by atoms with Crippen LogP contribution in [0.2, 0.25) is 5.02 Å². The second kappa shape index (κ2) is 6.73. The first-order valence-corrected chi connectivity index (χ1v) is 6.89. The number of benzene rings is 1. The third-order valence-electron chi connectivity index (χ3n) is 2.42. The van der Waals surface area contributed by atoms with Crippen molar-refractivity contribution in [2.24, 2.45) is 0 Å². The van der Waals surface area contributed by atoms with E-state index in [0.717, 1.165) is 11.3 Å². The van der Waals surface area contributed by atoms with E-state index < -0.39 is 12.6 Å². The van der Waals surface area contributed by atoms with E-state index in [1.54, 1.807) is 0 Å². The first-order valence-electron chi connectivity index (χ1n) is 5.63. The van der Waals surface area contributed by atoms with Crippen molar-refractivity contribution in [3.8, 4) is 11.5 Å². The highest BCUT2D eigenvalue weighted by Crippen LogP contribution is 2.27. The lowest BCUT2D eigenvalue weighted by molar-refractivity contribution is -0.0508. The van der Waals surface area contributed by atoms with E-state index in [2.05, 4.69) is 4.74 Å². The molecule has 0 bridgehead atoms. The minimum atomic E-state index is -2.95. The SMILES string of the molecule is O=C(O)c1cc(OCc2cc(Cl)ccc2OC(F)F)cs1. The smallest absolute Gasteiger partial charge is 0.387 e. The number of carbonyl (C=O) groups is 1. The van der Waals surface area contributed by atoms with Gasteiger partial charge in [-0.1, -0.05) is 11.6 Å². The van der Waals surface area contributed by atoms with Crippen LogP contribution >= 0.6 is 22.9 Å². The van der Waals surface area contributed by atoms with Crippen molar-refractivity contribution in [1.29, 1.82) is 0 Å². The summed E-state index contributed by atoms with van der Waals surface area (Å²) in [4.78, 5) is 10.9. The minimum Gasteiger partial charge on any atom is -0.488 e. The Balaban J connectivity index is 2.10. The zero-order valence-electron chi connectivity index (χ0n) is 10.4. The second-order valence-corrected chi connectivity index (χ2v) is 5.22. The fourth-order valence-corrected chi connectivity index (χ4v) is 2.40. The van der Waals surface area contributed by atoms with Crippen LogP contribution in [-0.4, -0.2) is 17.7 Å². The molecule has 8 heteroatoms. The van der Waals surface area contributed by atoms with Crippen LogP contribution in [0, 0.1) is 0 Å². The molecule has 1 heterocycles. The number of alkyl halides is 2. The van der Waals surface area contributed by atoms with Gasteiger partial charge in [-0.2, -0.15) is 8.78 Å². The summed E-state index contributed by atoms with van der Waals surface area (Å²) in [5.41, 5.74) is 0.339. The van der Waals surface area contributed by atoms with Gasteiger partial charge in [0.05, 0.1) is 0 Å². The predicted molar refractivity (Wildman–Crippen MR) is 73.7 cm³/mol. The first-order chi connectivity index (χ1) is 9.95. The van der Waals surface area contributed by atoms with Crippen LogP contribution in [0.25, 0.3) is 0 Å². The standard InChI is InChI=1S/C13H9ClF2O4S/c14-8-1-2-10(20-13(15)16)7(3-8)5-19-9-4-11(12(17)18)21-6-9/h1-4,6,13H,5H2,(H,17,18). The summed E-state index contributed by atoms with van der Waals surface area (Å²) in [5.74, 6) is -0.761. The van der Waals surface area contributed by atoms with Crippen molar-refractivity contribution in [1.82, 2.24) is 0 Å². The Labute approximate surface area is 127 Å². The average molecular weight is 335 g/mol. The Kier molecular flexibility index (Phi) is 4.98. The Hall–Kier alpha value is -1.86. The molecule has 0 saturated carbocycles. The molecule has 1 N–H and O–H groups in total. The van der Waals surface area contributed by atoms with Crippen LogP contribution in [0.5, 0.6) is 11.5 Å². The van der Waals surface area contributed by atoms with Crippen LogP contribution in [0.15, 0.2) is 29.6 Å². The van der Waals surface area contributed by atoms with E-state index in [1.807, 2.05) is 0 Å². The van der Waals surface area contributed by atoms with E-state index in [4.69, 9.17) is 21.4 Å². The van der Waals surface area contributed by atoms with Crippen LogP contribution in [-0.2, 0) is 6.61 Å². The number of hydrogen-bond acceptors (Lipinski definition) is 4. The molecule has 0 saturated heterocycles. The normalized spacial score (nSPS) is 10.7. The van der Waals surface area contributed by atoms with Crippen molar-refractivity contribution < 1.29 is 28.2 Å². The molecule has 0 atom stereocenters. The van der Waals surface area contributed by atoms with Gasteiger partial charge in [0.15, 0.2) is 0 Å². The number of rotatable bonds is 6. The molecule has 0 aliphatic rings. The van der Waals surface area contributed by atoms with Gasteiger partial charge >= 0.3 is 12.6 Å². The number of hydrogen-bond donors (Lipinski definition) is 1. The molecule has 0 spiro atoms. The molecule has 1 aromatic heterocycles. The number of carboxylic acid groups (broad SMARTS) is 1.